The molecule has 0 amide bonds. The van der Waals surface area contributed by atoms with Gasteiger partial charge in [-0.05, 0) is 44.9 Å². The maximum atomic E-state index is 8.87. The van der Waals surface area contributed by atoms with Crippen molar-refractivity contribution in [3.8, 4) is 0 Å². The zero-order valence-corrected chi connectivity index (χ0v) is 11.5. The second-order valence-corrected chi connectivity index (χ2v) is 4.98. The van der Waals surface area contributed by atoms with Crippen LogP contribution in [0.2, 0.25) is 0 Å². The topological polar surface area (TPSA) is 71.2 Å². The number of rotatable bonds is 5. The average Bonchev–Trinajstić information content (AvgIpc) is 2.39. The van der Waals surface area contributed by atoms with E-state index in [1.54, 1.807) is 0 Å². The lowest BCUT2D eigenvalue weighted by atomic mass is 10.1. The molecule has 0 spiro atoms. The van der Waals surface area contributed by atoms with Crippen LogP contribution in [-0.2, 0) is 0 Å². The fraction of sp³-hybridized carbons (Fsp3) is 0.400. The molecule has 0 saturated carbocycles. The van der Waals surface area contributed by atoms with Crippen molar-refractivity contribution in [2.75, 3.05) is 17.7 Å². The van der Waals surface area contributed by atoms with Crippen LogP contribution in [0.3, 0.4) is 0 Å². The summed E-state index contributed by atoms with van der Waals surface area (Å²) in [6, 6.07) is 6.27. The smallest absolute Gasteiger partial charge is 0.0431 e. The number of anilines is 2. The summed E-state index contributed by atoms with van der Waals surface area (Å²) >= 11 is 0. The molecule has 4 nitrogen and oxygen atoms in total. The normalized spacial score (nSPS) is 12.6. The highest BCUT2D eigenvalue weighted by molar-refractivity contribution is 6.00. The number of aliphatic hydroxyl groups is 1. The first-order valence-corrected chi connectivity index (χ1v) is 6.64. The number of benzene rings is 1. The molecule has 1 aromatic heterocycles. The van der Waals surface area contributed by atoms with Crippen molar-refractivity contribution in [2.24, 2.45) is 0 Å². The van der Waals surface area contributed by atoms with Crippen molar-refractivity contribution in [1.29, 1.82) is 0 Å². The minimum Gasteiger partial charge on any atom is -0.398 e. The van der Waals surface area contributed by atoms with Crippen LogP contribution < -0.4 is 11.1 Å². The van der Waals surface area contributed by atoms with E-state index in [0.717, 1.165) is 40.7 Å². The van der Waals surface area contributed by atoms with E-state index < -0.39 is 0 Å². The lowest BCUT2D eigenvalue weighted by Gasteiger charge is -2.17. The number of nitrogen functional groups attached to an aromatic ring is 1. The van der Waals surface area contributed by atoms with E-state index in [0.29, 0.717) is 6.04 Å². The lowest BCUT2D eigenvalue weighted by molar-refractivity contribution is 0.282. The molecule has 1 aromatic carbocycles. The number of fused-ring (bicyclic) bond motifs is 1. The second-order valence-electron chi connectivity index (χ2n) is 4.98. The molecule has 19 heavy (non-hydrogen) atoms. The summed E-state index contributed by atoms with van der Waals surface area (Å²) in [7, 11) is 0. The van der Waals surface area contributed by atoms with E-state index >= 15 is 0 Å². The maximum Gasteiger partial charge on any atom is 0.0431 e. The first kappa shape index (κ1) is 13.6. The standard InChI is InChI=1S/C15H21N3O/c1-10(4-3-7-19)18-15-6-5-14(16)13-9-17-11(2)8-12(13)15/h5-6,8-10,18-19H,3-4,7,16H2,1-2H3. The van der Waals surface area contributed by atoms with Gasteiger partial charge < -0.3 is 16.2 Å². The molecule has 1 unspecified atom stereocenters. The summed E-state index contributed by atoms with van der Waals surface area (Å²) in [5.74, 6) is 0. The highest BCUT2D eigenvalue weighted by Gasteiger charge is 2.08. The number of hydrogen-bond acceptors (Lipinski definition) is 4. The Bertz CT molecular complexity index is 569. The van der Waals surface area contributed by atoms with Crippen LogP contribution in [-0.4, -0.2) is 22.7 Å². The molecule has 2 rings (SSSR count). The summed E-state index contributed by atoms with van der Waals surface area (Å²) in [5, 5.41) is 14.4. The quantitative estimate of drug-likeness (QED) is 0.722. The third-order valence-electron chi connectivity index (χ3n) is 3.27. The highest BCUT2D eigenvalue weighted by Crippen LogP contribution is 2.29. The number of nitrogens with two attached hydrogens (primary N) is 1. The third-order valence-corrected chi connectivity index (χ3v) is 3.27. The van der Waals surface area contributed by atoms with Crippen LogP contribution in [0, 0.1) is 6.92 Å². The number of aliphatic hydroxyl groups excluding tert-OH is 1. The van der Waals surface area contributed by atoms with Gasteiger partial charge in [0.2, 0.25) is 0 Å². The molecule has 2 aromatic rings. The molecule has 0 saturated heterocycles. The van der Waals surface area contributed by atoms with E-state index in [-0.39, 0.29) is 6.61 Å². The molecule has 1 atom stereocenters. The number of aromatic nitrogens is 1. The minimum absolute atomic E-state index is 0.234. The van der Waals surface area contributed by atoms with Crippen molar-refractivity contribution in [3.63, 3.8) is 0 Å². The van der Waals surface area contributed by atoms with Crippen molar-refractivity contribution in [3.05, 3.63) is 30.1 Å². The Labute approximate surface area is 113 Å². The Kier molecular flexibility index (Phi) is 4.22. The van der Waals surface area contributed by atoms with E-state index in [9.17, 15) is 0 Å². The summed E-state index contributed by atoms with van der Waals surface area (Å²) in [6.45, 7) is 4.32. The van der Waals surface area contributed by atoms with Crippen LogP contribution in [0.5, 0.6) is 0 Å². The molecule has 0 radical (unpaired) electrons. The van der Waals surface area contributed by atoms with Gasteiger partial charge in [0, 0.05) is 46.7 Å². The largest absolute Gasteiger partial charge is 0.398 e. The van der Waals surface area contributed by atoms with Gasteiger partial charge in [-0.25, -0.2) is 0 Å². The molecule has 4 N–H and O–H groups in total. The molecule has 0 aliphatic carbocycles. The number of aryl methyl sites for hydroxylation is 1. The van der Waals surface area contributed by atoms with Crippen LogP contribution >= 0.6 is 0 Å². The predicted molar refractivity (Wildman–Crippen MR) is 80.3 cm³/mol. The highest BCUT2D eigenvalue weighted by atomic mass is 16.2. The Balaban J connectivity index is 2.32. The van der Waals surface area contributed by atoms with Crippen molar-refractivity contribution in [2.45, 2.75) is 32.7 Å². The van der Waals surface area contributed by atoms with Crippen LogP contribution in [0.4, 0.5) is 11.4 Å². The molecule has 0 aliphatic heterocycles. The number of nitrogens with zero attached hydrogens (tertiary/aromatic N) is 1. The Hall–Kier alpha value is -1.81. The molecular formula is C15H21N3O. The molecule has 0 bridgehead atoms. The molecular weight excluding hydrogens is 238 g/mol. The van der Waals surface area contributed by atoms with Gasteiger partial charge in [0.15, 0.2) is 0 Å². The van der Waals surface area contributed by atoms with Crippen LogP contribution in [0.25, 0.3) is 10.8 Å². The summed E-state index contributed by atoms with van der Waals surface area (Å²) in [4.78, 5) is 4.30. The van der Waals surface area contributed by atoms with Crippen LogP contribution in [0.1, 0.15) is 25.5 Å². The fourth-order valence-electron chi connectivity index (χ4n) is 2.23. The summed E-state index contributed by atoms with van der Waals surface area (Å²) in [6.07, 6.45) is 3.57. The van der Waals surface area contributed by atoms with Gasteiger partial charge in [-0.1, -0.05) is 0 Å². The minimum atomic E-state index is 0.234. The Morgan fingerprint density at radius 1 is 1.37 bits per heavy atom. The summed E-state index contributed by atoms with van der Waals surface area (Å²) < 4.78 is 0. The van der Waals surface area contributed by atoms with Gasteiger partial charge in [0.25, 0.3) is 0 Å². The predicted octanol–water partition coefficient (Wildman–Crippen LogP) is 2.70. The van der Waals surface area contributed by atoms with Crippen LogP contribution in [0.15, 0.2) is 24.4 Å². The van der Waals surface area contributed by atoms with E-state index in [2.05, 4.69) is 17.2 Å². The average molecular weight is 259 g/mol. The number of hydrogen-bond donors (Lipinski definition) is 3. The van der Waals surface area contributed by atoms with E-state index in [4.69, 9.17) is 10.8 Å². The third kappa shape index (κ3) is 3.15. The number of nitrogens with one attached hydrogen (secondary N) is 1. The van der Waals surface area contributed by atoms with Gasteiger partial charge in [-0.3, -0.25) is 4.98 Å². The first-order chi connectivity index (χ1) is 9.11. The van der Waals surface area contributed by atoms with Crippen molar-refractivity contribution < 1.29 is 5.11 Å². The van der Waals surface area contributed by atoms with Crippen molar-refractivity contribution >= 4 is 22.1 Å². The van der Waals surface area contributed by atoms with E-state index in [1.807, 2.05) is 31.3 Å². The zero-order chi connectivity index (χ0) is 13.8. The zero-order valence-electron chi connectivity index (χ0n) is 11.5. The van der Waals surface area contributed by atoms with Gasteiger partial charge >= 0.3 is 0 Å². The van der Waals surface area contributed by atoms with Gasteiger partial charge in [0.05, 0.1) is 0 Å². The SMILES string of the molecule is Cc1cc2c(NC(C)CCCO)ccc(N)c2cn1. The molecule has 0 fully saturated rings. The molecule has 0 aliphatic rings. The van der Waals surface area contributed by atoms with Crippen molar-refractivity contribution in [1.82, 2.24) is 4.98 Å². The first-order valence-electron chi connectivity index (χ1n) is 6.64. The number of pyridine rings is 1. The Morgan fingerprint density at radius 3 is 2.89 bits per heavy atom. The Morgan fingerprint density at radius 2 is 2.16 bits per heavy atom. The molecule has 1 heterocycles. The molecule has 102 valence electrons. The monoisotopic (exact) mass is 259 g/mol. The second kappa shape index (κ2) is 5.89. The van der Waals surface area contributed by atoms with Gasteiger partial charge in [0.1, 0.15) is 0 Å². The van der Waals surface area contributed by atoms with Gasteiger partial charge in [-0.15, -0.1) is 0 Å². The fourth-order valence-corrected chi connectivity index (χ4v) is 2.23. The summed E-state index contributed by atoms with van der Waals surface area (Å²) in [5.41, 5.74) is 8.78. The maximum absolute atomic E-state index is 8.87. The van der Waals surface area contributed by atoms with Gasteiger partial charge in [-0.2, -0.15) is 0 Å². The lowest BCUT2D eigenvalue weighted by Crippen LogP contribution is -2.15. The van der Waals surface area contributed by atoms with E-state index in [1.165, 1.54) is 0 Å². The molecule has 4 heteroatoms.